The van der Waals surface area contributed by atoms with Gasteiger partial charge in [0, 0.05) is 17.4 Å². The molecule has 0 spiro atoms. The van der Waals surface area contributed by atoms with E-state index in [2.05, 4.69) is 27.3 Å². The van der Waals surface area contributed by atoms with Crippen molar-refractivity contribution in [3.05, 3.63) is 94.8 Å². The predicted molar refractivity (Wildman–Crippen MR) is 146 cm³/mol. The van der Waals surface area contributed by atoms with Crippen molar-refractivity contribution < 1.29 is 14.7 Å². The van der Waals surface area contributed by atoms with Crippen LogP contribution in [0.4, 0.5) is 5.82 Å². The number of pyridine rings is 2. The lowest BCUT2D eigenvalue weighted by molar-refractivity contribution is 0.0936. The van der Waals surface area contributed by atoms with E-state index in [1.165, 1.54) is 18.2 Å². The number of aromatic hydroxyl groups is 1. The summed E-state index contributed by atoms with van der Waals surface area (Å²) in [5, 5.41) is 12.8. The second-order valence-electron chi connectivity index (χ2n) is 9.23. The third-order valence-corrected chi connectivity index (χ3v) is 6.92. The number of hydrogen-bond acceptors (Lipinski definition) is 7. The largest absolute Gasteiger partial charge is 0.507 e. The minimum absolute atomic E-state index is 0.0679. The molecular weight excluding hydrogens is 492 g/mol. The molecule has 4 N–H and O–H groups in total. The van der Waals surface area contributed by atoms with E-state index in [9.17, 15) is 14.7 Å². The number of terminal acetylenes is 1. The van der Waals surface area contributed by atoms with Gasteiger partial charge in [0.05, 0.1) is 17.2 Å². The predicted octanol–water partition coefficient (Wildman–Crippen LogP) is 3.98. The van der Waals surface area contributed by atoms with E-state index < -0.39 is 0 Å². The van der Waals surface area contributed by atoms with Crippen molar-refractivity contribution in [1.29, 1.82) is 0 Å². The number of anilines is 1. The third kappa shape index (κ3) is 4.14. The summed E-state index contributed by atoms with van der Waals surface area (Å²) in [5.74, 6) is 3.05. The standard InChI is InChI=1S/C30H22N6O3/c1-2-20-7-11-25-29(33-20)36(28(34-25)23-4-3-13-32-27(23)31)21-8-9-22-17(15-21)5-10-24(22)35-30(39)18-6-12-26(38)19(14-18)16-37/h1,3-4,6-9,11-16,24,38H,5,10H2,(H2,31,32)(H,35,39)/t24-/m0/s1. The van der Waals surface area contributed by atoms with Gasteiger partial charge in [-0.2, -0.15) is 0 Å². The summed E-state index contributed by atoms with van der Waals surface area (Å²) in [4.78, 5) is 37.8. The molecule has 3 aromatic heterocycles. The minimum Gasteiger partial charge on any atom is -0.507 e. The normalized spacial score (nSPS) is 14.1. The average Bonchev–Trinajstić information content (AvgIpc) is 3.53. The van der Waals surface area contributed by atoms with Gasteiger partial charge in [0.25, 0.3) is 5.91 Å². The molecule has 1 atom stereocenters. The summed E-state index contributed by atoms with van der Waals surface area (Å²) >= 11 is 0. The molecule has 1 amide bonds. The Bertz CT molecular complexity index is 1840. The van der Waals surface area contributed by atoms with E-state index in [0.717, 1.165) is 29.7 Å². The monoisotopic (exact) mass is 514 g/mol. The molecule has 0 fully saturated rings. The molecule has 6 rings (SSSR count). The molecule has 3 heterocycles. The SMILES string of the molecule is C#Cc1ccc2nc(-c3cccnc3N)n(-c3ccc4c(c3)CC[C@@H]4NC(=O)c3ccc(O)c(C=O)c3)c2n1. The zero-order chi connectivity index (χ0) is 27.1. The average molecular weight is 515 g/mol. The van der Waals surface area contributed by atoms with Crippen LogP contribution < -0.4 is 11.1 Å². The van der Waals surface area contributed by atoms with E-state index in [-0.39, 0.29) is 23.3 Å². The number of rotatable bonds is 5. The van der Waals surface area contributed by atoms with E-state index in [4.69, 9.17) is 17.1 Å². The molecule has 0 aliphatic heterocycles. The van der Waals surface area contributed by atoms with Gasteiger partial charge in [-0.3, -0.25) is 14.2 Å². The molecule has 5 aromatic rings. The first-order valence-corrected chi connectivity index (χ1v) is 12.3. The summed E-state index contributed by atoms with van der Waals surface area (Å²) in [6.07, 6.45) is 9.25. The summed E-state index contributed by atoms with van der Waals surface area (Å²) < 4.78 is 1.92. The van der Waals surface area contributed by atoms with E-state index >= 15 is 0 Å². The number of nitrogen functional groups attached to an aromatic ring is 1. The zero-order valence-electron chi connectivity index (χ0n) is 20.6. The Kier molecular flexibility index (Phi) is 5.77. The Morgan fingerprint density at radius 3 is 2.82 bits per heavy atom. The molecular formula is C30H22N6O3. The molecule has 0 radical (unpaired) electrons. The second kappa shape index (κ2) is 9.43. The number of aryl methyl sites for hydroxylation is 1. The van der Waals surface area contributed by atoms with Gasteiger partial charge in [-0.05, 0) is 78.6 Å². The maximum atomic E-state index is 12.9. The second-order valence-corrected chi connectivity index (χ2v) is 9.23. The summed E-state index contributed by atoms with van der Waals surface area (Å²) in [7, 11) is 0. The highest BCUT2D eigenvalue weighted by Gasteiger charge is 2.26. The fourth-order valence-electron chi connectivity index (χ4n) is 4.99. The van der Waals surface area contributed by atoms with Crippen molar-refractivity contribution in [1.82, 2.24) is 24.8 Å². The lowest BCUT2D eigenvalue weighted by Crippen LogP contribution is -2.27. The van der Waals surface area contributed by atoms with Crippen molar-refractivity contribution in [3.63, 3.8) is 0 Å². The van der Waals surface area contributed by atoms with Crippen LogP contribution in [0.2, 0.25) is 0 Å². The molecule has 0 unspecified atom stereocenters. The Labute approximate surface area is 223 Å². The first-order valence-electron chi connectivity index (χ1n) is 12.3. The number of imidazole rings is 1. The number of phenolic OH excluding ortho intramolecular Hbond substituents is 1. The van der Waals surface area contributed by atoms with Gasteiger partial charge in [0.1, 0.15) is 22.8 Å². The van der Waals surface area contributed by atoms with Crippen LogP contribution >= 0.6 is 0 Å². The Morgan fingerprint density at radius 2 is 2.03 bits per heavy atom. The van der Waals surface area contributed by atoms with Crippen LogP contribution in [-0.2, 0) is 6.42 Å². The van der Waals surface area contributed by atoms with Gasteiger partial charge in [-0.15, -0.1) is 6.42 Å². The summed E-state index contributed by atoms with van der Waals surface area (Å²) in [6.45, 7) is 0. The summed E-state index contributed by atoms with van der Waals surface area (Å²) in [5.41, 5.74) is 11.9. The van der Waals surface area contributed by atoms with Gasteiger partial charge >= 0.3 is 0 Å². The van der Waals surface area contributed by atoms with Gasteiger partial charge in [0.2, 0.25) is 0 Å². The van der Waals surface area contributed by atoms with Crippen LogP contribution in [-0.4, -0.2) is 36.8 Å². The number of aromatic nitrogens is 4. The number of fused-ring (bicyclic) bond motifs is 2. The molecule has 39 heavy (non-hydrogen) atoms. The molecule has 0 saturated heterocycles. The molecule has 1 aliphatic carbocycles. The van der Waals surface area contributed by atoms with Crippen LogP contribution in [0.15, 0.2) is 66.9 Å². The number of phenols is 1. The number of benzene rings is 2. The molecule has 0 bridgehead atoms. The molecule has 9 heteroatoms. The van der Waals surface area contributed by atoms with E-state index in [0.29, 0.717) is 45.9 Å². The Morgan fingerprint density at radius 1 is 1.15 bits per heavy atom. The number of nitrogens with zero attached hydrogens (tertiary/aromatic N) is 4. The van der Waals surface area contributed by atoms with Gasteiger partial charge in [0.15, 0.2) is 17.8 Å². The van der Waals surface area contributed by atoms with E-state index in [1.807, 2.05) is 28.8 Å². The van der Waals surface area contributed by atoms with Gasteiger partial charge in [-0.25, -0.2) is 15.0 Å². The van der Waals surface area contributed by atoms with Crippen LogP contribution in [0.1, 0.15) is 50.0 Å². The minimum atomic E-state index is -0.319. The Balaban J connectivity index is 1.39. The number of carbonyl (C=O) groups is 2. The number of aldehydes is 1. The lowest BCUT2D eigenvalue weighted by Gasteiger charge is -2.16. The van der Waals surface area contributed by atoms with Gasteiger partial charge < -0.3 is 16.2 Å². The first-order chi connectivity index (χ1) is 19.0. The third-order valence-electron chi connectivity index (χ3n) is 6.92. The lowest BCUT2D eigenvalue weighted by atomic mass is 10.1. The maximum absolute atomic E-state index is 12.9. The van der Waals surface area contributed by atoms with Crippen molar-refractivity contribution >= 4 is 29.2 Å². The zero-order valence-corrected chi connectivity index (χ0v) is 20.6. The number of nitrogens with one attached hydrogen (secondary N) is 1. The van der Waals surface area contributed by atoms with Crippen LogP contribution in [0.3, 0.4) is 0 Å². The van der Waals surface area contributed by atoms with Crippen molar-refractivity contribution in [2.45, 2.75) is 18.9 Å². The van der Waals surface area contributed by atoms with Crippen LogP contribution in [0, 0.1) is 12.3 Å². The number of hydrogen-bond donors (Lipinski definition) is 3. The molecule has 190 valence electrons. The maximum Gasteiger partial charge on any atom is 0.251 e. The highest BCUT2D eigenvalue weighted by atomic mass is 16.3. The summed E-state index contributed by atoms with van der Waals surface area (Å²) in [6, 6.07) is 17.3. The molecule has 9 nitrogen and oxygen atoms in total. The Hall–Kier alpha value is -5.49. The van der Waals surface area contributed by atoms with Crippen molar-refractivity contribution in [2.75, 3.05) is 5.73 Å². The highest BCUT2D eigenvalue weighted by Crippen LogP contribution is 2.36. The van der Waals surface area contributed by atoms with Gasteiger partial charge in [-0.1, -0.05) is 12.0 Å². The van der Waals surface area contributed by atoms with Crippen LogP contribution in [0.5, 0.6) is 5.75 Å². The topological polar surface area (TPSA) is 136 Å². The molecule has 2 aromatic carbocycles. The quantitative estimate of drug-likeness (QED) is 0.238. The molecule has 1 aliphatic rings. The van der Waals surface area contributed by atoms with Crippen molar-refractivity contribution in [2.24, 2.45) is 0 Å². The highest BCUT2D eigenvalue weighted by molar-refractivity contribution is 5.96. The molecule has 0 saturated carbocycles. The number of nitrogens with two attached hydrogens (primary N) is 1. The fraction of sp³-hybridized carbons (Fsp3) is 0.100. The van der Waals surface area contributed by atoms with Crippen LogP contribution in [0.25, 0.3) is 28.2 Å². The fourth-order valence-corrected chi connectivity index (χ4v) is 4.99. The smallest absolute Gasteiger partial charge is 0.251 e. The number of amides is 1. The van der Waals surface area contributed by atoms with Crippen molar-refractivity contribution in [3.8, 4) is 35.2 Å². The van der Waals surface area contributed by atoms with E-state index in [1.54, 1.807) is 18.3 Å². The number of carbonyl (C=O) groups excluding carboxylic acids is 2. The first kappa shape index (κ1) is 23.9.